The van der Waals surface area contributed by atoms with Crippen molar-refractivity contribution in [2.45, 2.75) is 46.1 Å². The predicted molar refractivity (Wildman–Crippen MR) is 58.8 cm³/mol. The van der Waals surface area contributed by atoms with Gasteiger partial charge in [0.25, 0.3) is 5.91 Å². The van der Waals surface area contributed by atoms with Crippen molar-refractivity contribution in [1.29, 1.82) is 0 Å². The van der Waals surface area contributed by atoms with Crippen molar-refractivity contribution in [2.24, 2.45) is 5.41 Å². The first-order chi connectivity index (χ1) is 7.81. The van der Waals surface area contributed by atoms with Gasteiger partial charge >= 0.3 is 0 Å². The van der Waals surface area contributed by atoms with Crippen molar-refractivity contribution in [1.82, 2.24) is 4.90 Å². The molecule has 0 aromatic carbocycles. The first-order valence-corrected chi connectivity index (χ1v) is 5.87. The topological polar surface area (TPSA) is 77.5 Å². The fraction of sp³-hybridized carbons (Fsp3) is 0.750. The molecule has 5 heteroatoms. The summed E-state index contributed by atoms with van der Waals surface area (Å²) in [6.07, 6.45) is 1.51. The Morgan fingerprint density at radius 2 is 1.94 bits per heavy atom. The number of likely N-dealkylation sites (tertiary alicyclic amines) is 1. The van der Waals surface area contributed by atoms with Crippen LogP contribution in [0, 0.1) is 5.41 Å². The number of carboxylic acid groups (broad SMARTS) is 1. The highest BCUT2D eigenvalue weighted by Crippen LogP contribution is 2.25. The highest BCUT2D eigenvalue weighted by Gasteiger charge is 2.38. The van der Waals surface area contributed by atoms with Crippen LogP contribution in [0.3, 0.4) is 0 Å². The summed E-state index contributed by atoms with van der Waals surface area (Å²) in [6.45, 7) is 5.53. The predicted octanol–water partition coefficient (Wildman–Crippen LogP) is -0.267. The van der Waals surface area contributed by atoms with Gasteiger partial charge in [0.15, 0.2) is 0 Å². The van der Waals surface area contributed by atoms with Crippen LogP contribution in [0.1, 0.15) is 40.0 Å². The van der Waals surface area contributed by atoms with Crippen molar-refractivity contribution in [3.63, 3.8) is 0 Å². The Morgan fingerprint density at radius 1 is 1.35 bits per heavy atom. The number of hydrogen-bond donors (Lipinski definition) is 0. The summed E-state index contributed by atoms with van der Waals surface area (Å²) in [4.78, 5) is 35.9. The molecule has 1 heterocycles. The zero-order valence-corrected chi connectivity index (χ0v) is 10.5. The van der Waals surface area contributed by atoms with E-state index in [-0.39, 0.29) is 0 Å². The standard InChI is InChI=1S/C12H19NO4/c1-4-12(2,3)9(14)10(15)13-7-5-6-8(13)11(16)17/h8H,4-7H2,1-3H3,(H,16,17)/p-1/t8-/m0/s1. The largest absolute Gasteiger partial charge is 0.548 e. The van der Waals surface area contributed by atoms with Crippen LogP contribution < -0.4 is 5.11 Å². The van der Waals surface area contributed by atoms with Gasteiger partial charge in [-0.2, -0.15) is 0 Å². The van der Waals surface area contributed by atoms with Crippen molar-refractivity contribution in [2.75, 3.05) is 6.54 Å². The molecular formula is C12H18NO4-. The molecule has 1 aliphatic heterocycles. The van der Waals surface area contributed by atoms with E-state index in [2.05, 4.69) is 0 Å². The molecule has 0 saturated carbocycles. The first kappa shape index (κ1) is 13.7. The van der Waals surface area contributed by atoms with E-state index in [4.69, 9.17) is 0 Å². The molecule has 0 unspecified atom stereocenters. The van der Waals surface area contributed by atoms with Gasteiger partial charge in [0.05, 0.1) is 12.0 Å². The quantitative estimate of drug-likeness (QED) is 0.634. The third kappa shape index (κ3) is 2.65. The molecule has 0 bridgehead atoms. The molecule has 0 N–H and O–H groups in total. The van der Waals surface area contributed by atoms with Crippen LogP contribution in [0.25, 0.3) is 0 Å². The maximum atomic E-state index is 12.0. The van der Waals surface area contributed by atoms with Crippen molar-refractivity contribution >= 4 is 17.7 Å². The van der Waals surface area contributed by atoms with Crippen LogP contribution in [-0.4, -0.2) is 35.1 Å². The number of carbonyl (C=O) groups is 3. The lowest BCUT2D eigenvalue weighted by atomic mass is 9.84. The minimum absolute atomic E-state index is 0.322. The molecule has 96 valence electrons. The van der Waals surface area contributed by atoms with Crippen LogP contribution in [-0.2, 0) is 14.4 Å². The van der Waals surface area contributed by atoms with E-state index in [1.54, 1.807) is 13.8 Å². The van der Waals surface area contributed by atoms with Crippen molar-refractivity contribution in [3.05, 3.63) is 0 Å². The second-order valence-corrected chi connectivity index (χ2v) is 5.04. The van der Waals surface area contributed by atoms with E-state index in [1.807, 2.05) is 6.92 Å². The number of amides is 1. The maximum absolute atomic E-state index is 12.0. The highest BCUT2D eigenvalue weighted by molar-refractivity contribution is 6.38. The number of hydrogen-bond acceptors (Lipinski definition) is 4. The van der Waals surface area contributed by atoms with Gasteiger partial charge in [-0.25, -0.2) is 0 Å². The van der Waals surface area contributed by atoms with Crippen LogP contribution in [0.15, 0.2) is 0 Å². The Balaban J connectivity index is 2.83. The van der Waals surface area contributed by atoms with Crippen LogP contribution in [0.5, 0.6) is 0 Å². The average molecular weight is 240 g/mol. The summed E-state index contributed by atoms with van der Waals surface area (Å²) in [5.74, 6) is -2.49. The van der Waals surface area contributed by atoms with E-state index in [9.17, 15) is 19.5 Å². The molecule has 17 heavy (non-hydrogen) atoms. The van der Waals surface area contributed by atoms with Gasteiger partial charge < -0.3 is 14.8 Å². The monoisotopic (exact) mass is 240 g/mol. The normalized spacial score (nSPS) is 20.4. The molecule has 1 fully saturated rings. The smallest absolute Gasteiger partial charge is 0.291 e. The van der Waals surface area contributed by atoms with E-state index in [1.165, 1.54) is 0 Å². The summed E-state index contributed by atoms with van der Waals surface area (Å²) in [7, 11) is 0. The van der Waals surface area contributed by atoms with E-state index >= 15 is 0 Å². The van der Waals surface area contributed by atoms with Crippen molar-refractivity contribution < 1.29 is 19.5 Å². The molecule has 1 saturated heterocycles. The minimum atomic E-state index is -1.28. The molecule has 1 aliphatic rings. The van der Waals surface area contributed by atoms with Gasteiger partial charge in [-0.15, -0.1) is 0 Å². The summed E-state index contributed by atoms with van der Waals surface area (Å²) in [5.41, 5.74) is -0.740. The average Bonchev–Trinajstić information content (AvgIpc) is 2.75. The van der Waals surface area contributed by atoms with Gasteiger partial charge in [-0.3, -0.25) is 9.59 Å². The molecule has 1 rings (SSSR count). The van der Waals surface area contributed by atoms with E-state index in [0.717, 1.165) is 4.90 Å². The summed E-state index contributed by atoms with van der Waals surface area (Å²) in [5, 5.41) is 10.8. The fourth-order valence-corrected chi connectivity index (χ4v) is 1.84. The van der Waals surface area contributed by atoms with Gasteiger partial charge in [-0.05, 0) is 19.3 Å². The summed E-state index contributed by atoms with van der Waals surface area (Å²) in [6, 6.07) is -0.945. The summed E-state index contributed by atoms with van der Waals surface area (Å²) < 4.78 is 0. The molecule has 0 aromatic heterocycles. The number of nitrogens with zero attached hydrogens (tertiary/aromatic N) is 1. The minimum Gasteiger partial charge on any atom is -0.548 e. The molecule has 0 aliphatic carbocycles. The van der Waals surface area contributed by atoms with Crippen LogP contribution in [0.2, 0.25) is 0 Å². The van der Waals surface area contributed by atoms with Gasteiger partial charge in [-0.1, -0.05) is 20.8 Å². The van der Waals surface area contributed by atoms with Crippen molar-refractivity contribution in [3.8, 4) is 0 Å². The Kier molecular flexibility index (Phi) is 3.91. The number of ketones is 1. The molecule has 1 atom stereocenters. The lowest BCUT2D eigenvalue weighted by Gasteiger charge is -2.28. The second kappa shape index (κ2) is 4.85. The third-order valence-corrected chi connectivity index (χ3v) is 3.48. The lowest BCUT2D eigenvalue weighted by Crippen LogP contribution is -2.51. The zero-order valence-electron chi connectivity index (χ0n) is 10.5. The number of carbonyl (C=O) groups excluding carboxylic acids is 3. The lowest BCUT2D eigenvalue weighted by molar-refractivity contribution is -0.310. The molecule has 0 spiro atoms. The molecule has 5 nitrogen and oxygen atoms in total. The molecule has 0 aromatic rings. The highest BCUT2D eigenvalue weighted by atomic mass is 16.4. The molecule has 1 amide bonds. The van der Waals surface area contributed by atoms with E-state index in [0.29, 0.717) is 25.8 Å². The Labute approximate surface area is 101 Å². The Hall–Kier alpha value is -1.39. The number of Topliss-reactive ketones (excluding diaryl/α,β-unsaturated/α-hetero) is 1. The Bertz CT molecular complexity index is 348. The molecule has 0 radical (unpaired) electrons. The number of rotatable bonds is 4. The van der Waals surface area contributed by atoms with Gasteiger partial charge in [0, 0.05) is 12.0 Å². The first-order valence-electron chi connectivity index (χ1n) is 5.87. The fourth-order valence-electron chi connectivity index (χ4n) is 1.84. The third-order valence-electron chi connectivity index (χ3n) is 3.48. The zero-order chi connectivity index (χ0) is 13.2. The van der Waals surface area contributed by atoms with Crippen LogP contribution >= 0.6 is 0 Å². The van der Waals surface area contributed by atoms with Gasteiger partial charge in [0.1, 0.15) is 0 Å². The number of carboxylic acids is 1. The van der Waals surface area contributed by atoms with Crippen LogP contribution in [0.4, 0.5) is 0 Å². The van der Waals surface area contributed by atoms with Gasteiger partial charge in [0.2, 0.25) is 5.78 Å². The Morgan fingerprint density at radius 3 is 2.41 bits per heavy atom. The SMILES string of the molecule is CCC(C)(C)C(=O)C(=O)N1CCC[C@H]1C(=O)[O-]. The number of aliphatic carboxylic acids is 1. The second-order valence-electron chi connectivity index (χ2n) is 5.04. The van der Waals surface area contributed by atoms with E-state index < -0.39 is 29.1 Å². The molecular weight excluding hydrogens is 222 g/mol. The maximum Gasteiger partial charge on any atom is 0.291 e. The summed E-state index contributed by atoms with van der Waals surface area (Å²) >= 11 is 0.